The van der Waals surface area contributed by atoms with Crippen molar-refractivity contribution in [1.82, 2.24) is 29.5 Å². The fourth-order valence-corrected chi connectivity index (χ4v) is 3.64. The molecule has 0 unspecified atom stereocenters. The van der Waals surface area contributed by atoms with Gasteiger partial charge >= 0.3 is 0 Å². The molecular weight excluding hydrogens is 381 g/mol. The third kappa shape index (κ3) is 3.56. The summed E-state index contributed by atoms with van der Waals surface area (Å²) >= 11 is 0. The standard InChI is InChI=1S/C22H22FN7/c1-29-7-6-20(28-29)19-12-24-21(27-22(19)26-18-9-17(23)10-18)15-5-3-4-14(8-15)16-11-25-30(2)13-16/h3-8,11-13,17-18H,9-10H2,1-2H3,(H,24,26,27). The second-order valence-electron chi connectivity index (χ2n) is 7.72. The van der Waals surface area contributed by atoms with Crippen molar-refractivity contribution < 1.29 is 4.39 Å². The van der Waals surface area contributed by atoms with Crippen molar-refractivity contribution in [2.75, 3.05) is 5.32 Å². The summed E-state index contributed by atoms with van der Waals surface area (Å²) < 4.78 is 16.9. The SMILES string of the molecule is Cn1cc(-c2cccc(-c3ncc(-c4ccn(C)n4)c(NC4CC(F)C4)n3)c2)cn1. The van der Waals surface area contributed by atoms with Crippen LogP contribution in [0.4, 0.5) is 10.2 Å². The first-order valence-electron chi connectivity index (χ1n) is 9.92. The van der Waals surface area contributed by atoms with Gasteiger partial charge < -0.3 is 5.32 Å². The summed E-state index contributed by atoms with van der Waals surface area (Å²) in [6.07, 6.45) is 7.73. The minimum Gasteiger partial charge on any atom is -0.366 e. The van der Waals surface area contributed by atoms with Crippen molar-refractivity contribution in [2.24, 2.45) is 14.1 Å². The topological polar surface area (TPSA) is 73.5 Å². The Bertz CT molecular complexity index is 1190. The molecule has 1 aromatic carbocycles. The van der Waals surface area contributed by atoms with Gasteiger partial charge in [-0.3, -0.25) is 9.36 Å². The molecule has 8 heteroatoms. The van der Waals surface area contributed by atoms with E-state index in [0.717, 1.165) is 27.9 Å². The van der Waals surface area contributed by atoms with Crippen LogP contribution in [0.25, 0.3) is 33.8 Å². The van der Waals surface area contributed by atoms with Crippen LogP contribution in [0.1, 0.15) is 12.8 Å². The van der Waals surface area contributed by atoms with Gasteiger partial charge in [-0.2, -0.15) is 10.2 Å². The van der Waals surface area contributed by atoms with Crippen LogP contribution in [0.5, 0.6) is 0 Å². The Labute approximate surface area is 173 Å². The summed E-state index contributed by atoms with van der Waals surface area (Å²) in [5.41, 5.74) is 4.58. The van der Waals surface area contributed by atoms with E-state index in [1.165, 1.54) is 0 Å². The minimum atomic E-state index is -0.738. The molecule has 0 radical (unpaired) electrons. The van der Waals surface area contributed by atoms with Gasteiger partial charge in [0.05, 0.1) is 17.5 Å². The summed E-state index contributed by atoms with van der Waals surface area (Å²) in [6.45, 7) is 0. The highest BCUT2D eigenvalue weighted by Gasteiger charge is 2.30. The number of alkyl halides is 1. The number of nitrogens with zero attached hydrogens (tertiary/aromatic N) is 6. The predicted octanol–water partition coefficient (Wildman–Crippen LogP) is 3.86. The van der Waals surface area contributed by atoms with Crippen LogP contribution in [0.3, 0.4) is 0 Å². The van der Waals surface area contributed by atoms with Crippen LogP contribution in [-0.2, 0) is 14.1 Å². The number of aromatic nitrogens is 6. The van der Waals surface area contributed by atoms with Crippen LogP contribution >= 0.6 is 0 Å². The molecule has 1 aliphatic carbocycles. The van der Waals surface area contributed by atoms with Crippen molar-refractivity contribution in [3.63, 3.8) is 0 Å². The zero-order valence-corrected chi connectivity index (χ0v) is 16.8. The van der Waals surface area contributed by atoms with Gasteiger partial charge in [0.2, 0.25) is 0 Å². The van der Waals surface area contributed by atoms with Gasteiger partial charge in [-0.15, -0.1) is 0 Å². The molecule has 1 fully saturated rings. The number of hydrogen-bond acceptors (Lipinski definition) is 5. The van der Waals surface area contributed by atoms with Gasteiger partial charge in [-0.1, -0.05) is 18.2 Å². The van der Waals surface area contributed by atoms with Crippen molar-refractivity contribution in [3.05, 3.63) is 55.1 Å². The molecule has 4 aromatic rings. The van der Waals surface area contributed by atoms with E-state index < -0.39 is 6.17 Å². The third-order valence-electron chi connectivity index (χ3n) is 5.36. The van der Waals surface area contributed by atoms with Gasteiger partial charge in [0.1, 0.15) is 12.0 Å². The van der Waals surface area contributed by atoms with E-state index in [-0.39, 0.29) is 6.04 Å². The summed E-state index contributed by atoms with van der Waals surface area (Å²) in [7, 11) is 3.77. The number of benzene rings is 1. The van der Waals surface area contributed by atoms with E-state index in [4.69, 9.17) is 4.98 Å². The van der Waals surface area contributed by atoms with Crippen molar-refractivity contribution in [2.45, 2.75) is 25.1 Å². The maximum Gasteiger partial charge on any atom is 0.161 e. The lowest BCUT2D eigenvalue weighted by molar-refractivity contribution is 0.192. The van der Waals surface area contributed by atoms with Crippen LogP contribution < -0.4 is 5.32 Å². The Balaban J connectivity index is 1.53. The zero-order chi connectivity index (χ0) is 20.7. The molecule has 1 aliphatic rings. The molecular formula is C22H22FN7. The molecule has 30 heavy (non-hydrogen) atoms. The van der Waals surface area contributed by atoms with Gasteiger partial charge in [0, 0.05) is 49.9 Å². The summed E-state index contributed by atoms with van der Waals surface area (Å²) in [5, 5.41) is 12.1. The summed E-state index contributed by atoms with van der Waals surface area (Å²) in [5.74, 6) is 1.29. The average molecular weight is 403 g/mol. The summed E-state index contributed by atoms with van der Waals surface area (Å²) in [4.78, 5) is 9.41. The number of aryl methyl sites for hydroxylation is 2. The molecule has 0 spiro atoms. The molecule has 1 saturated carbocycles. The van der Waals surface area contributed by atoms with E-state index in [0.29, 0.717) is 24.5 Å². The molecule has 0 saturated heterocycles. The number of rotatable bonds is 5. The molecule has 0 amide bonds. The molecule has 5 rings (SSSR count). The molecule has 3 aromatic heterocycles. The highest BCUT2D eigenvalue weighted by atomic mass is 19.1. The van der Waals surface area contributed by atoms with Crippen LogP contribution in [0.15, 0.2) is 55.1 Å². The maximum absolute atomic E-state index is 13.4. The molecule has 152 valence electrons. The zero-order valence-electron chi connectivity index (χ0n) is 16.8. The van der Waals surface area contributed by atoms with Gasteiger partial charge in [-0.25, -0.2) is 14.4 Å². The van der Waals surface area contributed by atoms with Crippen LogP contribution in [0.2, 0.25) is 0 Å². The Hall–Kier alpha value is -3.55. The number of anilines is 1. The predicted molar refractivity (Wildman–Crippen MR) is 113 cm³/mol. The minimum absolute atomic E-state index is 0.0759. The van der Waals surface area contributed by atoms with Crippen molar-refractivity contribution in [1.29, 1.82) is 0 Å². The van der Waals surface area contributed by atoms with Gasteiger partial charge in [-0.05, 0) is 30.5 Å². The molecule has 1 N–H and O–H groups in total. The third-order valence-corrected chi connectivity index (χ3v) is 5.36. The Kier molecular flexibility index (Phi) is 4.54. The lowest BCUT2D eigenvalue weighted by Crippen LogP contribution is -2.37. The van der Waals surface area contributed by atoms with E-state index in [1.54, 1.807) is 15.6 Å². The Morgan fingerprint density at radius 2 is 1.87 bits per heavy atom. The number of nitrogens with one attached hydrogen (secondary N) is 1. The van der Waals surface area contributed by atoms with Crippen LogP contribution in [0, 0.1) is 0 Å². The lowest BCUT2D eigenvalue weighted by Gasteiger charge is -2.31. The van der Waals surface area contributed by atoms with Crippen molar-refractivity contribution in [3.8, 4) is 33.8 Å². The fraction of sp³-hybridized carbons (Fsp3) is 0.273. The monoisotopic (exact) mass is 403 g/mol. The van der Waals surface area contributed by atoms with Crippen LogP contribution in [-0.4, -0.2) is 41.7 Å². The highest BCUT2D eigenvalue weighted by Crippen LogP contribution is 2.32. The van der Waals surface area contributed by atoms with Gasteiger partial charge in [0.25, 0.3) is 0 Å². The molecule has 0 bridgehead atoms. The first-order valence-corrected chi connectivity index (χ1v) is 9.92. The largest absolute Gasteiger partial charge is 0.366 e. The molecule has 7 nitrogen and oxygen atoms in total. The number of halogens is 1. The fourth-order valence-electron chi connectivity index (χ4n) is 3.64. The van der Waals surface area contributed by atoms with Crippen molar-refractivity contribution >= 4 is 5.82 Å². The van der Waals surface area contributed by atoms with Gasteiger partial charge in [0.15, 0.2) is 5.82 Å². The quantitative estimate of drug-likeness (QED) is 0.548. The second kappa shape index (κ2) is 7.37. The summed E-state index contributed by atoms with van der Waals surface area (Å²) in [6, 6.07) is 10.1. The average Bonchev–Trinajstić information content (AvgIpc) is 3.35. The first-order chi connectivity index (χ1) is 14.5. The molecule has 3 heterocycles. The number of hydrogen-bond donors (Lipinski definition) is 1. The van der Waals surface area contributed by atoms with E-state index in [9.17, 15) is 4.39 Å². The lowest BCUT2D eigenvalue weighted by atomic mass is 9.90. The van der Waals surface area contributed by atoms with E-state index in [2.05, 4.69) is 26.6 Å². The highest BCUT2D eigenvalue weighted by molar-refractivity contribution is 5.75. The Morgan fingerprint density at radius 3 is 2.57 bits per heavy atom. The molecule has 0 atom stereocenters. The Morgan fingerprint density at radius 1 is 1.03 bits per heavy atom. The second-order valence-corrected chi connectivity index (χ2v) is 7.72. The first kappa shape index (κ1) is 18.5. The molecule has 0 aliphatic heterocycles. The normalized spacial score (nSPS) is 18.2. The maximum atomic E-state index is 13.4. The smallest absolute Gasteiger partial charge is 0.161 e. The van der Waals surface area contributed by atoms with E-state index >= 15 is 0 Å². The van der Waals surface area contributed by atoms with E-state index in [1.807, 2.05) is 57.0 Å².